The van der Waals surface area contributed by atoms with Crippen LogP contribution < -0.4 is 4.90 Å². The van der Waals surface area contributed by atoms with Crippen molar-refractivity contribution in [3.8, 4) is 11.3 Å². The van der Waals surface area contributed by atoms with Gasteiger partial charge in [0.05, 0.1) is 4.92 Å². The number of hydrogen-bond donors (Lipinski definition) is 0. The molecule has 1 aliphatic heterocycles. The fourth-order valence-corrected chi connectivity index (χ4v) is 3.69. The molecule has 4 rings (SSSR count). The Kier molecular flexibility index (Phi) is 5.08. The van der Waals surface area contributed by atoms with E-state index >= 15 is 0 Å². The van der Waals surface area contributed by atoms with Gasteiger partial charge in [-0.25, -0.2) is 0 Å². The average molecular weight is 393 g/mol. The van der Waals surface area contributed by atoms with Gasteiger partial charge in [0.25, 0.3) is 5.69 Å². The minimum absolute atomic E-state index is 0.136. The van der Waals surface area contributed by atoms with Crippen LogP contribution in [0.25, 0.3) is 11.3 Å². The molecule has 0 radical (unpaired) electrons. The maximum absolute atomic E-state index is 11.3. The summed E-state index contributed by atoms with van der Waals surface area (Å²) in [5.41, 5.74) is 1.80. The Labute approximate surface area is 168 Å². The first kappa shape index (κ1) is 18.2. The number of hydrogen-bond acceptors (Lipinski definition) is 5. The maximum atomic E-state index is 11.3. The van der Waals surface area contributed by atoms with Crippen LogP contribution >= 0.6 is 12.2 Å². The van der Waals surface area contributed by atoms with Crippen molar-refractivity contribution >= 4 is 28.6 Å². The minimum atomic E-state index is -0.333. The van der Waals surface area contributed by atoms with Crippen LogP contribution in [0.4, 0.5) is 11.4 Å². The second-order valence-corrected chi connectivity index (χ2v) is 6.94. The lowest BCUT2D eigenvalue weighted by Gasteiger charge is -2.36. The molecule has 0 bridgehead atoms. The molecule has 0 saturated carbocycles. The first-order valence-corrected chi connectivity index (χ1v) is 9.47. The van der Waals surface area contributed by atoms with Crippen molar-refractivity contribution in [2.75, 3.05) is 31.1 Å². The van der Waals surface area contributed by atoms with E-state index in [0.29, 0.717) is 42.6 Å². The van der Waals surface area contributed by atoms with Gasteiger partial charge in [-0.3, -0.25) is 10.1 Å². The Morgan fingerprint density at radius 3 is 2.32 bits per heavy atom. The highest BCUT2D eigenvalue weighted by Gasteiger charge is 2.25. The number of nitro benzene ring substituents is 1. The predicted molar refractivity (Wildman–Crippen MR) is 113 cm³/mol. The van der Waals surface area contributed by atoms with E-state index in [2.05, 4.69) is 4.90 Å². The zero-order valence-corrected chi connectivity index (χ0v) is 16.0. The number of para-hydroxylation sites is 2. The van der Waals surface area contributed by atoms with E-state index in [0.717, 1.165) is 11.3 Å². The molecule has 0 unspecified atom stereocenters. The highest BCUT2D eigenvalue weighted by molar-refractivity contribution is 7.80. The highest BCUT2D eigenvalue weighted by Crippen LogP contribution is 2.29. The van der Waals surface area contributed by atoms with E-state index in [1.54, 1.807) is 18.2 Å². The number of furan rings is 1. The van der Waals surface area contributed by atoms with Crippen molar-refractivity contribution in [2.24, 2.45) is 0 Å². The van der Waals surface area contributed by atoms with Crippen LogP contribution in [0.5, 0.6) is 0 Å². The minimum Gasteiger partial charge on any atom is -0.454 e. The molecule has 2 aromatic carbocycles. The Morgan fingerprint density at radius 2 is 1.61 bits per heavy atom. The molecule has 0 amide bonds. The van der Waals surface area contributed by atoms with Crippen molar-refractivity contribution < 1.29 is 9.34 Å². The predicted octanol–water partition coefficient (Wildman–Crippen LogP) is 4.35. The number of piperazine rings is 1. The molecule has 1 fully saturated rings. The smallest absolute Gasteiger partial charge is 0.292 e. The number of nitrogens with zero attached hydrogens (tertiary/aromatic N) is 3. The fourth-order valence-electron chi connectivity index (χ4n) is 3.40. The van der Waals surface area contributed by atoms with E-state index < -0.39 is 0 Å². The SMILES string of the molecule is O=[N+]([O-])c1ccccc1N1CCN(C(=S)c2ccc(-c3ccccc3)o2)CC1. The third-order valence-electron chi connectivity index (χ3n) is 4.86. The molecular formula is C21H19N3O3S. The van der Waals surface area contributed by atoms with Gasteiger partial charge in [0.2, 0.25) is 0 Å². The Balaban J connectivity index is 1.44. The van der Waals surface area contributed by atoms with Gasteiger partial charge in [-0.1, -0.05) is 54.7 Å². The molecule has 28 heavy (non-hydrogen) atoms. The summed E-state index contributed by atoms with van der Waals surface area (Å²) in [4.78, 5) is 15.7. The maximum Gasteiger partial charge on any atom is 0.292 e. The average Bonchev–Trinajstić information content (AvgIpc) is 3.24. The number of benzene rings is 2. The molecule has 3 aromatic rings. The fraction of sp³-hybridized carbons (Fsp3) is 0.190. The van der Waals surface area contributed by atoms with Crippen molar-refractivity contribution in [3.05, 3.63) is 82.6 Å². The van der Waals surface area contributed by atoms with E-state index in [1.807, 2.05) is 53.4 Å². The molecule has 0 atom stereocenters. The van der Waals surface area contributed by atoms with Crippen LogP contribution in [0.2, 0.25) is 0 Å². The monoisotopic (exact) mass is 393 g/mol. The van der Waals surface area contributed by atoms with Crippen LogP contribution in [0.15, 0.2) is 71.1 Å². The third kappa shape index (κ3) is 3.61. The summed E-state index contributed by atoms with van der Waals surface area (Å²) < 4.78 is 5.96. The molecule has 7 heteroatoms. The number of rotatable bonds is 4. The zero-order valence-electron chi connectivity index (χ0n) is 15.2. The first-order valence-electron chi connectivity index (χ1n) is 9.06. The van der Waals surface area contributed by atoms with Crippen molar-refractivity contribution in [3.63, 3.8) is 0 Å². The summed E-state index contributed by atoms with van der Waals surface area (Å²) in [6.07, 6.45) is 0. The number of nitro groups is 1. The summed E-state index contributed by atoms with van der Waals surface area (Å²) in [5, 5.41) is 11.3. The van der Waals surface area contributed by atoms with E-state index in [-0.39, 0.29) is 10.6 Å². The molecule has 0 aliphatic carbocycles. The second kappa shape index (κ2) is 7.82. The topological polar surface area (TPSA) is 62.8 Å². The molecule has 6 nitrogen and oxygen atoms in total. The molecule has 1 saturated heterocycles. The van der Waals surface area contributed by atoms with E-state index in [4.69, 9.17) is 16.6 Å². The van der Waals surface area contributed by atoms with Crippen molar-refractivity contribution in [1.29, 1.82) is 0 Å². The van der Waals surface area contributed by atoms with Gasteiger partial charge in [0.1, 0.15) is 16.4 Å². The molecule has 1 aromatic heterocycles. The van der Waals surface area contributed by atoms with Gasteiger partial charge in [0, 0.05) is 37.8 Å². The molecule has 142 valence electrons. The highest BCUT2D eigenvalue weighted by atomic mass is 32.1. The lowest BCUT2D eigenvalue weighted by atomic mass is 10.2. The summed E-state index contributed by atoms with van der Waals surface area (Å²) in [7, 11) is 0. The molecule has 0 N–H and O–H groups in total. The normalized spacial score (nSPS) is 14.1. The van der Waals surface area contributed by atoms with Crippen LogP contribution in [-0.2, 0) is 0 Å². The Hall–Kier alpha value is -3.19. The zero-order chi connectivity index (χ0) is 19.5. The summed E-state index contributed by atoms with van der Waals surface area (Å²) in [5.74, 6) is 1.46. The van der Waals surface area contributed by atoms with Crippen molar-refractivity contribution in [2.45, 2.75) is 0 Å². The van der Waals surface area contributed by atoms with Crippen LogP contribution in [-0.4, -0.2) is 41.0 Å². The summed E-state index contributed by atoms with van der Waals surface area (Å²) >= 11 is 5.63. The Morgan fingerprint density at radius 1 is 0.929 bits per heavy atom. The Bertz CT molecular complexity index is 995. The van der Waals surface area contributed by atoms with Gasteiger partial charge >= 0.3 is 0 Å². The second-order valence-electron chi connectivity index (χ2n) is 6.55. The van der Waals surface area contributed by atoms with E-state index in [9.17, 15) is 10.1 Å². The van der Waals surface area contributed by atoms with Gasteiger partial charge in [0.15, 0.2) is 5.76 Å². The summed E-state index contributed by atoms with van der Waals surface area (Å²) in [6, 6.07) is 20.6. The molecule has 1 aliphatic rings. The first-order chi connectivity index (χ1) is 13.6. The van der Waals surface area contributed by atoms with Crippen LogP contribution in [0.3, 0.4) is 0 Å². The van der Waals surface area contributed by atoms with Crippen LogP contribution in [0, 0.1) is 10.1 Å². The lowest BCUT2D eigenvalue weighted by Crippen LogP contribution is -2.48. The third-order valence-corrected chi connectivity index (χ3v) is 5.32. The van der Waals surface area contributed by atoms with Crippen molar-refractivity contribution in [1.82, 2.24) is 4.90 Å². The van der Waals surface area contributed by atoms with E-state index in [1.165, 1.54) is 0 Å². The number of thiocarbonyl (C=S) groups is 1. The molecule has 0 spiro atoms. The van der Waals surface area contributed by atoms with Gasteiger partial charge in [-0.15, -0.1) is 0 Å². The standard InChI is InChI=1S/C21H19N3O3S/c25-24(26)18-9-5-4-8-17(18)22-12-14-23(15-13-22)21(28)20-11-10-19(27-20)16-6-2-1-3-7-16/h1-11H,12-15H2. The molecular weight excluding hydrogens is 374 g/mol. The van der Waals surface area contributed by atoms with Crippen LogP contribution in [0.1, 0.15) is 5.76 Å². The summed E-state index contributed by atoms with van der Waals surface area (Å²) in [6.45, 7) is 2.70. The van der Waals surface area contributed by atoms with Gasteiger partial charge in [-0.05, 0) is 18.2 Å². The van der Waals surface area contributed by atoms with Gasteiger partial charge < -0.3 is 14.2 Å². The quantitative estimate of drug-likeness (QED) is 0.373. The number of anilines is 1. The lowest BCUT2D eigenvalue weighted by molar-refractivity contribution is -0.384. The molecule has 2 heterocycles. The van der Waals surface area contributed by atoms with Gasteiger partial charge in [-0.2, -0.15) is 0 Å². The largest absolute Gasteiger partial charge is 0.454 e.